The van der Waals surface area contributed by atoms with E-state index >= 15 is 0 Å². The highest BCUT2D eigenvalue weighted by Gasteiger charge is 2.40. The van der Waals surface area contributed by atoms with Crippen molar-refractivity contribution in [3.05, 3.63) is 47.1 Å². The molecule has 0 aromatic heterocycles. The van der Waals surface area contributed by atoms with Crippen molar-refractivity contribution in [1.82, 2.24) is 4.90 Å². The maximum Gasteiger partial charge on any atom is 0.486 e. The molecule has 1 aromatic carbocycles. The van der Waals surface area contributed by atoms with Crippen LogP contribution >= 0.6 is 11.6 Å². The molecule has 2 rings (SSSR count). The van der Waals surface area contributed by atoms with Crippen molar-refractivity contribution >= 4 is 17.9 Å². The van der Waals surface area contributed by atoms with Crippen molar-refractivity contribution in [2.45, 2.75) is 12.3 Å². The SMILES string of the molecule is FC(F)(F)N1C=NC=CC1c1ccc(Cl)cc1. The van der Waals surface area contributed by atoms with Gasteiger partial charge in [0.15, 0.2) is 0 Å². The Labute approximate surface area is 101 Å². The average Bonchev–Trinajstić information content (AvgIpc) is 2.29. The summed E-state index contributed by atoms with van der Waals surface area (Å²) >= 11 is 5.70. The van der Waals surface area contributed by atoms with Gasteiger partial charge in [0.25, 0.3) is 0 Å². The largest absolute Gasteiger partial charge is 0.486 e. The molecule has 17 heavy (non-hydrogen) atoms. The molecule has 6 heteroatoms. The zero-order valence-corrected chi connectivity index (χ0v) is 9.28. The van der Waals surface area contributed by atoms with E-state index in [2.05, 4.69) is 4.99 Å². The van der Waals surface area contributed by atoms with E-state index in [1.807, 2.05) is 0 Å². The van der Waals surface area contributed by atoms with E-state index in [-0.39, 0.29) is 4.90 Å². The first-order valence-electron chi connectivity index (χ1n) is 4.79. The van der Waals surface area contributed by atoms with Crippen LogP contribution in [0.5, 0.6) is 0 Å². The Morgan fingerprint density at radius 3 is 2.41 bits per heavy atom. The summed E-state index contributed by atoms with van der Waals surface area (Å²) in [6, 6.07) is 5.35. The number of hydrogen-bond donors (Lipinski definition) is 0. The quantitative estimate of drug-likeness (QED) is 0.702. The van der Waals surface area contributed by atoms with E-state index in [9.17, 15) is 13.2 Å². The van der Waals surface area contributed by atoms with Gasteiger partial charge in [0.2, 0.25) is 0 Å². The highest BCUT2D eigenvalue weighted by Crippen LogP contribution is 2.33. The van der Waals surface area contributed by atoms with Crippen LogP contribution < -0.4 is 0 Å². The van der Waals surface area contributed by atoms with Crippen LogP contribution in [0.25, 0.3) is 0 Å². The first-order chi connectivity index (χ1) is 7.98. The van der Waals surface area contributed by atoms with E-state index in [1.54, 1.807) is 24.3 Å². The molecule has 1 heterocycles. The maximum absolute atomic E-state index is 12.7. The molecular weight excluding hydrogens is 253 g/mol. The number of rotatable bonds is 1. The Bertz CT molecular complexity index is 451. The number of nitrogens with zero attached hydrogens (tertiary/aromatic N) is 2. The highest BCUT2D eigenvalue weighted by molar-refractivity contribution is 6.30. The van der Waals surface area contributed by atoms with E-state index in [1.165, 1.54) is 12.3 Å². The summed E-state index contributed by atoms with van der Waals surface area (Å²) in [5, 5.41) is 0.487. The van der Waals surface area contributed by atoms with Crippen LogP contribution in [0.15, 0.2) is 41.5 Å². The predicted octanol–water partition coefficient (Wildman–Crippen LogP) is 3.76. The third-order valence-electron chi connectivity index (χ3n) is 2.35. The van der Waals surface area contributed by atoms with Crippen molar-refractivity contribution < 1.29 is 13.2 Å². The first-order valence-corrected chi connectivity index (χ1v) is 5.17. The van der Waals surface area contributed by atoms with Gasteiger partial charge < -0.3 is 0 Å². The summed E-state index contributed by atoms with van der Waals surface area (Å²) in [5.74, 6) is 0. The normalized spacial score (nSPS) is 19.8. The van der Waals surface area contributed by atoms with Gasteiger partial charge in [-0.1, -0.05) is 23.7 Å². The van der Waals surface area contributed by atoms with Crippen LogP contribution in [0, 0.1) is 0 Å². The smallest absolute Gasteiger partial charge is 0.263 e. The Morgan fingerprint density at radius 1 is 1.18 bits per heavy atom. The number of halogens is 4. The van der Waals surface area contributed by atoms with Gasteiger partial charge in [0.05, 0.1) is 12.4 Å². The lowest BCUT2D eigenvalue weighted by molar-refractivity contribution is -0.224. The van der Waals surface area contributed by atoms with Gasteiger partial charge in [0, 0.05) is 11.2 Å². The molecule has 0 aliphatic carbocycles. The minimum atomic E-state index is -4.46. The third kappa shape index (κ3) is 2.61. The molecule has 0 fully saturated rings. The topological polar surface area (TPSA) is 15.6 Å². The fraction of sp³-hybridized carbons (Fsp3) is 0.182. The van der Waals surface area contributed by atoms with Gasteiger partial charge in [-0.2, -0.15) is 13.2 Å². The van der Waals surface area contributed by atoms with Crippen molar-refractivity contribution in [2.24, 2.45) is 4.99 Å². The first kappa shape index (κ1) is 12.0. The Hall–Kier alpha value is -1.49. The minimum absolute atomic E-state index is 0.246. The second kappa shape index (κ2) is 4.41. The molecule has 1 aliphatic heterocycles. The standard InChI is InChI=1S/C11H8ClF3N2/c12-9-3-1-8(2-4-9)10-5-6-16-7-17(10)11(13,14)15/h1-7,10H. The number of aliphatic imine (C=N–C) groups is 1. The zero-order chi connectivity index (χ0) is 12.5. The summed E-state index contributed by atoms with van der Waals surface area (Å²) in [5.41, 5.74) is 0.508. The van der Waals surface area contributed by atoms with Gasteiger partial charge in [-0.05, 0) is 23.8 Å². The second-order valence-electron chi connectivity index (χ2n) is 3.48. The molecule has 0 N–H and O–H groups in total. The molecule has 2 nitrogen and oxygen atoms in total. The molecule has 0 saturated heterocycles. The van der Waals surface area contributed by atoms with E-state index < -0.39 is 12.3 Å². The van der Waals surface area contributed by atoms with Gasteiger partial charge in [-0.3, -0.25) is 4.90 Å². The van der Waals surface area contributed by atoms with E-state index in [0.717, 1.165) is 6.34 Å². The Balaban J connectivity index is 2.33. The molecule has 0 amide bonds. The van der Waals surface area contributed by atoms with Crippen molar-refractivity contribution in [3.63, 3.8) is 0 Å². The third-order valence-corrected chi connectivity index (χ3v) is 2.60. The molecule has 0 spiro atoms. The lowest BCUT2D eigenvalue weighted by atomic mass is 10.1. The van der Waals surface area contributed by atoms with Crippen LogP contribution in [0.3, 0.4) is 0 Å². The molecule has 1 atom stereocenters. The van der Waals surface area contributed by atoms with Gasteiger partial charge in [-0.25, -0.2) is 4.99 Å². The summed E-state index contributed by atoms with van der Waals surface area (Å²) < 4.78 is 38.2. The Kier molecular flexibility index (Phi) is 3.11. The zero-order valence-electron chi connectivity index (χ0n) is 8.53. The van der Waals surface area contributed by atoms with Crippen LogP contribution in [0.1, 0.15) is 11.6 Å². The van der Waals surface area contributed by atoms with Gasteiger partial charge in [0.1, 0.15) is 0 Å². The lowest BCUT2D eigenvalue weighted by Crippen LogP contribution is -2.40. The molecule has 0 saturated carbocycles. The number of alkyl halides is 3. The maximum atomic E-state index is 12.7. The molecule has 90 valence electrons. The van der Waals surface area contributed by atoms with Crippen LogP contribution in [-0.4, -0.2) is 17.5 Å². The molecule has 0 bridgehead atoms. The van der Waals surface area contributed by atoms with Crippen LogP contribution in [0.4, 0.5) is 13.2 Å². The highest BCUT2D eigenvalue weighted by atomic mass is 35.5. The number of hydrogen-bond acceptors (Lipinski definition) is 2. The predicted molar refractivity (Wildman–Crippen MR) is 59.7 cm³/mol. The van der Waals surface area contributed by atoms with Gasteiger partial charge >= 0.3 is 6.30 Å². The second-order valence-corrected chi connectivity index (χ2v) is 3.91. The van der Waals surface area contributed by atoms with Crippen LogP contribution in [0.2, 0.25) is 5.02 Å². The lowest BCUT2D eigenvalue weighted by Gasteiger charge is -2.31. The summed E-state index contributed by atoms with van der Waals surface area (Å²) in [7, 11) is 0. The van der Waals surface area contributed by atoms with Crippen molar-refractivity contribution in [2.75, 3.05) is 0 Å². The fourth-order valence-corrected chi connectivity index (χ4v) is 1.69. The molecule has 1 unspecified atom stereocenters. The summed E-state index contributed by atoms with van der Waals surface area (Å²) in [6.45, 7) is 0. The van der Waals surface area contributed by atoms with Gasteiger partial charge in [-0.15, -0.1) is 0 Å². The number of benzene rings is 1. The van der Waals surface area contributed by atoms with Crippen molar-refractivity contribution in [1.29, 1.82) is 0 Å². The Morgan fingerprint density at radius 2 is 1.82 bits per heavy atom. The van der Waals surface area contributed by atoms with E-state index in [4.69, 9.17) is 11.6 Å². The summed E-state index contributed by atoms with van der Waals surface area (Å²) in [4.78, 5) is 3.74. The summed E-state index contributed by atoms with van der Waals surface area (Å²) in [6.07, 6.45) is -0.948. The fourth-order valence-electron chi connectivity index (χ4n) is 1.56. The minimum Gasteiger partial charge on any atom is -0.263 e. The molecule has 1 aromatic rings. The molecule has 1 aliphatic rings. The van der Waals surface area contributed by atoms with E-state index in [0.29, 0.717) is 10.6 Å². The molecule has 0 radical (unpaired) electrons. The van der Waals surface area contributed by atoms with Crippen molar-refractivity contribution in [3.8, 4) is 0 Å². The average molecular weight is 261 g/mol. The van der Waals surface area contributed by atoms with Crippen LogP contribution in [-0.2, 0) is 0 Å². The molecular formula is C11H8ClF3N2. The monoisotopic (exact) mass is 260 g/mol.